The summed E-state index contributed by atoms with van der Waals surface area (Å²) in [5, 5.41) is 4.46. The second-order valence-corrected chi connectivity index (χ2v) is 4.81. The quantitative estimate of drug-likeness (QED) is 0.792. The molecule has 0 fully saturated rings. The van der Waals surface area contributed by atoms with Gasteiger partial charge in [-0.1, -0.05) is 20.8 Å². The summed E-state index contributed by atoms with van der Waals surface area (Å²) in [6, 6.07) is 5.32. The van der Waals surface area contributed by atoms with Gasteiger partial charge in [0.1, 0.15) is 0 Å². The Bertz CT molecular complexity index is 546. The molecule has 4 nitrogen and oxygen atoms in total. The molecule has 0 saturated heterocycles. The summed E-state index contributed by atoms with van der Waals surface area (Å²) >= 11 is 0. The number of aromatic nitrogens is 3. The Morgan fingerprint density at radius 2 is 2.06 bits per heavy atom. The number of nitrogens with zero attached hydrogens (tertiary/aromatic N) is 2. The fourth-order valence-corrected chi connectivity index (χ4v) is 1.44. The third-order valence-corrected chi connectivity index (χ3v) is 2.38. The smallest absolute Gasteiger partial charge is 0.250 e. The first-order valence-electron chi connectivity index (χ1n) is 5.22. The molecule has 0 aliphatic carbocycles. The predicted molar refractivity (Wildman–Crippen MR) is 62.9 cm³/mol. The Hall–Kier alpha value is -1.84. The zero-order valence-electron chi connectivity index (χ0n) is 9.69. The molecule has 2 rings (SSSR count). The predicted octanol–water partition coefficient (Wildman–Crippen LogP) is 1.86. The van der Waals surface area contributed by atoms with Gasteiger partial charge in [-0.2, -0.15) is 5.10 Å². The first-order chi connectivity index (χ1) is 7.47. The lowest BCUT2D eigenvalue weighted by Crippen LogP contribution is -2.13. The van der Waals surface area contributed by atoms with Gasteiger partial charge >= 0.3 is 0 Å². The second-order valence-electron chi connectivity index (χ2n) is 4.81. The van der Waals surface area contributed by atoms with Crippen LogP contribution in [0.5, 0.6) is 0 Å². The number of rotatable bonds is 1. The summed E-state index contributed by atoms with van der Waals surface area (Å²) in [7, 11) is 0. The first-order valence-corrected chi connectivity index (χ1v) is 5.22. The van der Waals surface area contributed by atoms with E-state index in [-0.39, 0.29) is 11.0 Å². The Kier molecular flexibility index (Phi) is 2.42. The van der Waals surface area contributed by atoms with Crippen molar-refractivity contribution < 1.29 is 0 Å². The topological polar surface area (TPSA) is 50.7 Å². The van der Waals surface area contributed by atoms with Gasteiger partial charge in [0, 0.05) is 23.9 Å². The van der Waals surface area contributed by atoms with Crippen LogP contribution in [0.25, 0.3) is 5.69 Å². The van der Waals surface area contributed by atoms with E-state index in [2.05, 4.69) is 30.9 Å². The standard InChI is InChI=1S/C12H15N3O/c1-12(2,3)10-5-7-15(14-10)9-4-6-13-11(16)8-9/h4-8H,1-3H3,(H,13,16). The molecule has 0 amide bonds. The van der Waals surface area contributed by atoms with Crippen molar-refractivity contribution in [3.05, 3.63) is 46.6 Å². The zero-order chi connectivity index (χ0) is 11.8. The van der Waals surface area contributed by atoms with E-state index in [1.54, 1.807) is 10.9 Å². The van der Waals surface area contributed by atoms with Crippen molar-refractivity contribution in [3.8, 4) is 5.69 Å². The van der Waals surface area contributed by atoms with Gasteiger partial charge < -0.3 is 4.98 Å². The van der Waals surface area contributed by atoms with Crippen LogP contribution in [-0.2, 0) is 5.41 Å². The van der Waals surface area contributed by atoms with Gasteiger partial charge in [0.15, 0.2) is 0 Å². The molecule has 0 radical (unpaired) electrons. The Labute approximate surface area is 93.9 Å². The van der Waals surface area contributed by atoms with Crippen LogP contribution in [0.1, 0.15) is 26.5 Å². The van der Waals surface area contributed by atoms with Crippen molar-refractivity contribution in [2.24, 2.45) is 0 Å². The highest BCUT2D eigenvalue weighted by Crippen LogP contribution is 2.20. The van der Waals surface area contributed by atoms with Crippen LogP contribution in [0.4, 0.5) is 0 Å². The van der Waals surface area contributed by atoms with Crippen LogP contribution < -0.4 is 5.56 Å². The largest absolute Gasteiger partial charge is 0.329 e. The highest BCUT2D eigenvalue weighted by molar-refractivity contribution is 5.28. The number of nitrogens with one attached hydrogen (secondary N) is 1. The molecular weight excluding hydrogens is 202 g/mol. The van der Waals surface area contributed by atoms with Gasteiger partial charge in [-0.3, -0.25) is 4.79 Å². The molecule has 0 spiro atoms. The average Bonchev–Trinajstić information content (AvgIpc) is 2.65. The number of hydrogen-bond donors (Lipinski definition) is 1. The van der Waals surface area contributed by atoms with Crippen LogP contribution in [0, 0.1) is 0 Å². The van der Waals surface area contributed by atoms with Crippen molar-refractivity contribution in [2.45, 2.75) is 26.2 Å². The number of aromatic amines is 1. The van der Waals surface area contributed by atoms with Gasteiger partial charge in [0.25, 0.3) is 0 Å². The van der Waals surface area contributed by atoms with E-state index in [1.807, 2.05) is 18.3 Å². The molecule has 2 aromatic heterocycles. The van der Waals surface area contributed by atoms with E-state index >= 15 is 0 Å². The van der Waals surface area contributed by atoms with Crippen LogP contribution in [0.15, 0.2) is 35.4 Å². The first kappa shape index (κ1) is 10.7. The molecule has 0 unspecified atom stereocenters. The fourth-order valence-electron chi connectivity index (χ4n) is 1.44. The molecule has 0 saturated carbocycles. The average molecular weight is 217 g/mol. The molecule has 0 aliphatic heterocycles. The van der Waals surface area contributed by atoms with Gasteiger partial charge in [-0.25, -0.2) is 4.68 Å². The molecule has 0 aliphatic rings. The molecule has 0 aromatic carbocycles. The van der Waals surface area contributed by atoms with E-state index in [9.17, 15) is 4.79 Å². The highest BCUT2D eigenvalue weighted by atomic mass is 16.1. The van der Waals surface area contributed by atoms with Crippen LogP contribution in [0.2, 0.25) is 0 Å². The van der Waals surface area contributed by atoms with Gasteiger partial charge in [0.2, 0.25) is 5.56 Å². The summed E-state index contributed by atoms with van der Waals surface area (Å²) in [5.74, 6) is 0. The van der Waals surface area contributed by atoms with Gasteiger partial charge in [0.05, 0.1) is 11.4 Å². The lowest BCUT2D eigenvalue weighted by molar-refractivity contribution is 0.560. The minimum absolute atomic E-state index is 0.0203. The van der Waals surface area contributed by atoms with Crippen molar-refractivity contribution in [1.82, 2.24) is 14.8 Å². The van der Waals surface area contributed by atoms with E-state index < -0.39 is 0 Å². The third kappa shape index (κ3) is 2.05. The normalized spacial score (nSPS) is 11.7. The minimum atomic E-state index is -0.120. The van der Waals surface area contributed by atoms with Crippen molar-refractivity contribution in [2.75, 3.05) is 0 Å². The lowest BCUT2D eigenvalue weighted by atomic mass is 9.93. The summed E-state index contributed by atoms with van der Waals surface area (Å²) in [6.07, 6.45) is 3.49. The fraction of sp³-hybridized carbons (Fsp3) is 0.333. The summed E-state index contributed by atoms with van der Waals surface area (Å²) in [4.78, 5) is 13.8. The molecule has 84 valence electrons. The minimum Gasteiger partial charge on any atom is -0.329 e. The molecule has 0 bridgehead atoms. The van der Waals surface area contributed by atoms with Gasteiger partial charge in [-0.15, -0.1) is 0 Å². The molecule has 16 heavy (non-hydrogen) atoms. The van der Waals surface area contributed by atoms with Crippen molar-refractivity contribution in [3.63, 3.8) is 0 Å². The molecule has 4 heteroatoms. The Balaban J connectivity index is 2.43. The van der Waals surface area contributed by atoms with E-state index in [0.29, 0.717) is 0 Å². The molecule has 2 aromatic rings. The zero-order valence-corrected chi connectivity index (χ0v) is 9.69. The number of H-pyrrole nitrogens is 1. The summed E-state index contributed by atoms with van der Waals surface area (Å²) in [5.41, 5.74) is 1.68. The Morgan fingerprint density at radius 3 is 2.62 bits per heavy atom. The third-order valence-electron chi connectivity index (χ3n) is 2.38. The monoisotopic (exact) mass is 217 g/mol. The maximum absolute atomic E-state index is 11.2. The molecule has 1 N–H and O–H groups in total. The molecular formula is C12H15N3O. The molecule has 2 heterocycles. The second kappa shape index (κ2) is 3.63. The maximum atomic E-state index is 11.2. The van der Waals surface area contributed by atoms with Crippen molar-refractivity contribution >= 4 is 0 Å². The number of hydrogen-bond acceptors (Lipinski definition) is 2. The van der Waals surface area contributed by atoms with E-state index in [1.165, 1.54) is 6.07 Å². The van der Waals surface area contributed by atoms with E-state index in [0.717, 1.165) is 11.4 Å². The van der Waals surface area contributed by atoms with Crippen LogP contribution in [-0.4, -0.2) is 14.8 Å². The summed E-state index contributed by atoms with van der Waals surface area (Å²) < 4.78 is 1.72. The SMILES string of the molecule is CC(C)(C)c1ccn(-c2cc[nH]c(=O)c2)n1. The maximum Gasteiger partial charge on any atom is 0.250 e. The molecule has 0 atom stereocenters. The Morgan fingerprint density at radius 1 is 1.31 bits per heavy atom. The van der Waals surface area contributed by atoms with Gasteiger partial charge in [-0.05, 0) is 12.1 Å². The van der Waals surface area contributed by atoms with E-state index in [4.69, 9.17) is 0 Å². The summed E-state index contributed by atoms with van der Waals surface area (Å²) in [6.45, 7) is 6.33. The number of pyridine rings is 1. The lowest BCUT2D eigenvalue weighted by Gasteiger charge is -2.14. The van der Waals surface area contributed by atoms with Crippen LogP contribution >= 0.6 is 0 Å². The van der Waals surface area contributed by atoms with Crippen molar-refractivity contribution in [1.29, 1.82) is 0 Å². The van der Waals surface area contributed by atoms with Crippen LogP contribution in [0.3, 0.4) is 0 Å². The highest BCUT2D eigenvalue weighted by Gasteiger charge is 2.16.